The van der Waals surface area contributed by atoms with Gasteiger partial charge >= 0.3 is 0 Å². The van der Waals surface area contributed by atoms with Crippen molar-refractivity contribution in [3.8, 4) is 17.2 Å². The van der Waals surface area contributed by atoms with Gasteiger partial charge < -0.3 is 9.47 Å². The third-order valence-corrected chi connectivity index (χ3v) is 6.70. The molecule has 5 rings (SSSR count). The topological polar surface area (TPSA) is 64.0 Å². The molecule has 0 N–H and O–H groups in total. The van der Waals surface area contributed by atoms with E-state index in [4.69, 9.17) is 9.47 Å². The fourth-order valence-corrected chi connectivity index (χ4v) is 4.89. The van der Waals surface area contributed by atoms with Crippen LogP contribution in [0.25, 0.3) is 10.2 Å². The van der Waals surface area contributed by atoms with Gasteiger partial charge in [-0.05, 0) is 78.4 Å². The summed E-state index contributed by atoms with van der Waals surface area (Å²) >= 11 is 4.89. The monoisotopic (exact) mass is 557 g/mol. The zero-order chi connectivity index (χ0) is 24.9. The van der Waals surface area contributed by atoms with Crippen molar-refractivity contribution in [2.45, 2.75) is 0 Å². The third kappa shape index (κ3) is 5.45. The molecule has 0 unspecified atom stereocenters. The van der Waals surface area contributed by atoms with Crippen LogP contribution in [0.3, 0.4) is 0 Å². The van der Waals surface area contributed by atoms with Crippen LogP contribution in [-0.2, 0) is 0 Å². The number of nitrogens with zero attached hydrogens (tertiary/aromatic N) is 3. The molecule has 36 heavy (non-hydrogen) atoms. The largest absolute Gasteiger partial charge is 0.497 e. The molecule has 8 heteroatoms. The highest BCUT2D eigenvalue weighted by Crippen LogP contribution is 2.32. The first-order valence-electron chi connectivity index (χ1n) is 11.0. The van der Waals surface area contributed by atoms with Gasteiger partial charge in [0, 0.05) is 10.0 Å². The van der Waals surface area contributed by atoms with Crippen LogP contribution >= 0.6 is 27.3 Å². The predicted molar refractivity (Wildman–Crippen MR) is 148 cm³/mol. The molecular weight excluding hydrogens is 538 g/mol. The van der Waals surface area contributed by atoms with Crippen LogP contribution in [0.1, 0.15) is 15.9 Å². The Kier molecular flexibility index (Phi) is 7.06. The van der Waals surface area contributed by atoms with Crippen molar-refractivity contribution in [2.24, 2.45) is 5.10 Å². The average Bonchev–Trinajstić information content (AvgIpc) is 3.32. The molecule has 178 valence electrons. The molecule has 5 aromatic rings. The SMILES string of the molecule is COc1ccc(/C=N/N(C(=O)c2cccc(Oc3ccccc3)c2)c2nc3ccc(Br)cc3s2)cc1. The Morgan fingerprint density at radius 2 is 1.69 bits per heavy atom. The Bertz CT molecular complexity index is 1540. The third-order valence-electron chi connectivity index (χ3n) is 5.21. The number of rotatable bonds is 7. The lowest BCUT2D eigenvalue weighted by atomic mass is 10.2. The molecule has 0 fully saturated rings. The second-order valence-corrected chi connectivity index (χ2v) is 9.61. The molecule has 0 atom stereocenters. The van der Waals surface area contributed by atoms with Gasteiger partial charge in [0.2, 0.25) is 5.13 Å². The van der Waals surface area contributed by atoms with Gasteiger partial charge in [-0.15, -0.1) is 0 Å². The van der Waals surface area contributed by atoms with Crippen molar-refractivity contribution in [1.29, 1.82) is 0 Å². The summed E-state index contributed by atoms with van der Waals surface area (Å²) in [5, 5.41) is 6.33. The normalized spacial score (nSPS) is 11.1. The van der Waals surface area contributed by atoms with Crippen molar-refractivity contribution >= 4 is 54.7 Å². The van der Waals surface area contributed by atoms with E-state index in [0.29, 0.717) is 22.2 Å². The Morgan fingerprint density at radius 3 is 2.47 bits per heavy atom. The Balaban J connectivity index is 1.50. The quantitative estimate of drug-likeness (QED) is 0.153. The number of ether oxygens (including phenoxy) is 2. The van der Waals surface area contributed by atoms with Crippen molar-refractivity contribution in [2.75, 3.05) is 12.1 Å². The Morgan fingerprint density at radius 1 is 0.917 bits per heavy atom. The summed E-state index contributed by atoms with van der Waals surface area (Å²) in [6.45, 7) is 0. The molecule has 0 aliphatic rings. The number of methoxy groups -OCH3 is 1. The van der Waals surface area contributed by atoms with E-state index in [-0.39, 0.29) is 5.91 Å². The maximum absolute atomic E-state index is 13.7. The summed E-state index contributed by atoms with van der Waals surface area (Å²) in [7, 11) is 1.62. The van der Waals surface area contributed by atoms with Crippen molar-refractivity contribution in [3.63, 3.8) is 0 Å². The van der Waals surface area contributed by atoms with Crippen LogP contribution in [-0.4, -0.2) is 24.2 Å². The highest BCUT2D eigenvalue weighted by atomic mass is 79.9. The molecule has 0 spiro atoms. The first-order valence-corrected chi connectivity index (χ1v) is 12.6. The number of thiazole rings is 1. The number of anilines is 1. The van der Waals surface area contributed by atoms with E-state index in [1.54, 1.807) is 31.5 Å². The zero-order valence-corrected chi connectivity index (χ0v) is 21.6. The van der Waals surface area contributed by atoms with E-state index in [2.05, 4.69) is 26.0 Å². The molecule has 0 saturated heterocycles. The van der Waals surface area contributed by atoms with Crippen molar-refractivity contribution in [3.05, 3.63) is 113 Å². The second-order valence-electron chi connectivity index (χ2n) is 7.69. The van der Waals surface area contributed by atoms with Gasteiger partial charge in [-0.3, -0.25) is 4.79 Å². The molecule has 4 aromatic carbocycles. The smallest absolute Gasteiger partial charge is 0.280 e. The predicted octanol–water partition coefficient (Wildman–Crippen LogP) is 7.54. The Hall–Kier alpha value is -4.01. The number of hydrogen-bond donors (Lipinski definition) is 0. The molecule has 0 saturated carbocycles. The Labute approximate surface area is 220 Å². The van der Waals surface area contributed by atoms with Gasteiger partial charge in [-0.25, -0.2) is 4.98 Å². The molecule has 0 aliphatic heterocycles. The van der Waals surface area contributed by atoms with Gasteiger partial charge in [-0.1, -0.05) is 51.5 Å². The number of carbonyl (C=O) groups excluding carboxylic acids is 1. The van der Waals surface area contributed by atoms with Crippen LogP contribution in [0.15, 0.2) is 107 Å². The van der Waals surface area contributed by atoms with Crippen molar-refractivity contribution in [1.82, 2.24) is 4.98 Å². The standard InChI is InChI=1S/C28H20BrN3O3S/c1-34-22-13-10-19(11-14-22)18-30-32(28-31-25-15-12-21(29)17-26(25)36-28)27(33)20-6-5-9-24(16-20)35-23-7-3-2-4-8-23/h2-18H,1H3/b30-18+. The number of benzene rings is 4. The summed E-state index contributed by atoms with van der Waals surface area (Å²) in [6, 6.07) is 29.7. The highest BCUT2D eigenvalue weighted by Gasteiger charge is 2.22. The number of halogens is 1. The van der Waals surface area contributed by atoms with E-state index in [0.717, 1.165) is 26.0 Å². The number of amides is 1. The number of para-hydroxylation sites is 1. The van der Waals surface area contributed by atoms with Gasteiger partial charge in [0.05, 0.1) is 23.5 Å². The summed E-state index contributed by atoms with van der Waals surface area (Å²) in [5.74, 6) is 1.66. The molecule has 6 nitrogen and oxygen atoms in total. The van der Waals surface area contributed by atoms with Crippen LogP contribution in [0, 0.1) is 0 Å². The minimum Gasteiger partial charge on any atom is -0.497 e. The lowest BCUT2D eigenvalue weighted by Crippen LogP contribution is -2.25. The number of aromatic nitrogens is 1. The lowest BCUT2D eigenvalue weighted by Gasteiger charge is -2.15. The molecule has 1 amide bonds. The number of hydrazone groups is 1. The zero-order valence-electron chi connectivity index (χ0n) is 19.2. The van der Waals surface area contributed by atoms with Gasteiger partial charge in [0.25, 0.3) is 5.91 Å². The van der Waals surface area contributed by atoms with E-state index in [1.807, 2.05) is 78.9 Å². The van der Waals surface area contributed by atoms with E-state index < -0.39 is 0 Å². The van der Waals surface area contributed by atoms with Crippen LogP contribution in [0.4, 0.5) is 5.13 Å². The minimum atomic E-state index is -0.323. The number of hydrogen-bond acceptors (Lipinski definition) is 6. The summed E-state index contributed by atoms with van der Waals surface area (Å²) < 4.78 is 13.0. The maximum Gasteiger partial charge on any atom is 0.280 e. The van der Waals surface area contributed by atoms with Crippen LogP contribution in [0.2, 0.25) is 0 Å². The maximum atomic E-state index is 13.7. The molecular formula is C28H20BrN3O3S. The van der Waals surface area contributed by atoms with E-state index >= 15 is 0 Å². The average molecular weight is 558 g/mol. The lowest BCUT2D eigenvalue weighted by molar-refractivity contribution is 0.0987. The number of carbonyl (C=O) groups is 1. The van der Waals surface area contributed by atoms with E-state index in [9.17, 15) is 4.79 Å². The molecule has 0 aliphatic carbocycles. The highest BCUT2D eigenvalue weighted by molar-refractivity contribution is 9.10. The second kappa shape index (κ2) is 10.7. The summed E-state index contributed by atoms with van der Waals surface area (Å²) in [6.07, 6.45) is 1.63. The molecule has 0 radical (unpaired) electrons. The summed E-state index contributed by atoms with van der Waals surface area (Å²) in [4.78, 5) is 18.4. The fourth-order valence-electron chi connectivity index (χ4n) is 3.42. The van der Waals surface area contributed by atoms with Crippen LogP contribution in [0.5, 0.6) is 17.2 Å². The van der Waals surface area contributed by atoms with Gasteiger partial charge in [0.15, 0.2) is 0 Å². The van der Waals surface area contributed by atoms with Gasteiger partial charge in [-0.2, -0.15) is 10.1 Å². The molecule has 0 bridgehead atoms. The minimum absolute atomic E-state index is 0.323. The molecule has 1 aromatic heterocycles. The summed E-state index contributed by atoms with van der Waals surface area (Å²) in [5.41, 5.74) is 2.03. The number of fused-ring (bicyclic) bond motifs is 1. The molecule has 1 heterocycles. The first kappa shape index (κ1) is 23.7. The van der Waals surface area contributed by atoms with Crippen molar-refractivity contribution < 1.29 is 14.3 Å². The van der Waals surface area contributed by atoms with Gasteiger partial charge in [0.1, 0.15) is 17.2 Å². The van der Waals surface area contributed by atoms with E-state index in [1.165, 1.54) is 16.3 Å². The first-order chi connectivity index (χ1) is 17.6. The fraction of sp³-hybridized carbons (Fsp3) is 0.0357. The van der Waals surface area contributed by atoms with Crippen LogP contribution < -0.4 is 14.5 Å².